The van der Waals surface area contributed by atoms with Crippen LogP contribution in [-0.4, -0.2) is 42.6 Å². The van der Waals surface area contributed by atoms with Gasteiger partial charge in [-0.2, -0.15) is 39.5 Å². The van der Waals surface area contributed by atoms with Gasteiger partial charge in [-0.3, -0.25) is 4.90 Å². The summed E-state index contributed by atoms with van der Waals surface area (Å²) in [4.78, 5) is 14.0. The molecule has 1 amide bonds. The molecule has 4 nitrogen and oxygen atoms in total. The highest BCUT2D eigenvalue weighted by molar-refractivity contribution is 5.81. The third-order valence-corrected chi connectivity index (χ3v) is 8.03. The molecule has 0 saturated carbocycles. The quantitative estimate of drug-likeness (QED) is 0.173. The van der Waals surface area contributed by atoms with Crippen molar-refractivity contribution < 1.29 is 58.2 Å². The van der Waals surface area contributed by atoms with E-state index in [4.69, 9.17) is 9.47 Å². The summed E-state index contributed by atoms with van der Waals surface area (Å²) < 4.78 is 148. The number of halogens is 10. The fourth-order valence-electron chi connectivity index (χ4n) is 5.36. The van der Waals surface area contributed by atoms with Crippen LogP contribution in [0.5, 0.6) is 5.75 Å². The Morgan fingerprint density at radius 3 is 2.12 bits per heavy atom. The molecular formula is C35H29F10NO3. The summed E-state index contributed by atoms with van der Waals surface area (Å²) in [6.45, 7) is 6.45. The molecule has 14 heteroatoms. The van der Waals surface area contributed by atoms with Crippen molar-refractivity contribution in [2.45, 2.75) is 58.0 Å². The van der Waals surface area contributed by atoms with Crippen LogP contribution < -0.4 is 4.74 Å². The fourth-order valence-corrected chi connectivity index (χ4v) is 5.36. The summed E-state index contributed by atoms with van der Waals surface area (Å²) >= 11 is 0. The highest BCUT2D eigenvalue weighted by atomic mass is 19.4. The molecule has 1 heterocycles. The maximum absolute atomic E-state index is 15.3. The van der Waals surface area contributed by atoms with Gasteiger partial charge in [-0.25, -0.2) is 9.18 Å². The highest BCUT2D eigenvalue weighted by Crippen LogP contribution is 2.42. The number of rotatable bonds is 8. The van der Waals surface area contributed by atoms with E-state index in [1.807, 2.05) is 0 Å². The summed E-state index contributed by atoms with van der Waals surface area (Å²) in [7, 11) is 1.24. The molecule has 0 aliphatic carbocycles. The number of hydrogen-bond donors (Lipinski definition) is 0. The lowest BCUT2D eigenvalue weighted by atomic mass is 9.91. The van der Waals surface area contributed by atoms with Gasteiger partial charge in [0.15, 0.2) is 0 Å². The van der Waals surface area contributed by atoms with E-state index in [1.54, 1.807) is 31.2 Å². The van der Waals surface area contributed by atoms with Gasteiger partial charge in [0.2, 0.25) is 0 Å². The largest absolute Gasteiger partial charge is 0.496 e. The van der Waals surface area contributed by atoms with Gasteiger partial charge >= 0.3 is 24.6 Å². The van der Waals surface area contributed by atoms with E-state index in [0.717, 1.165) is 29.2 Å². The molecule has 3 aromatic carbocycles. The molecule has 1 saturated heterocycles. The number of ether oxygens (including phenoxy) is 2. The Morgan fingerprint density at radius 2 is 1.55 bits per heavy atom. The molecule has 2 atom stereocenters. The number of methoxy groups -OCH3 is 1. The molecule has 1 aliphatic heterocycles. The lowest BCUT2D eigenvalue weighted by Gasteiger charge is -2.24. The van der Waals surface area contributed by atoms with Gasteiger partial charge in [0, 0.05) is 22.8 Å². The lowest BCUT2D eigenvalue weighted by molar-refractivity contribution is -0.137. The number of carbonyl (C=O) groups excluding carboxylic acids is 1. The molecule has 0 N–H and O–H groups in total. The third-order valence-electron chi connectivity index (χ3n) is 8.03. The van der Waals surface area contributed by atoms with Gasteiger partial charge in [-0.05, 0) is 78.9 Å². The molecule has 0 unspecified atom stereocenters. The molecule has 0 radical (unpaired) electrons. The zero-order valence-corrected chi connectivity index (χ0v) is 26.4. The minimum atomic E-state index is -5.24. The van der Waals surface area contributed by atoms with Crippen molar-refractivity contribution in [2.24, 2.45) is 0 Å². The van der Waals surface area contributed by atoms with Crippen LogP contribution in [0, 0.1) is 12.7 Å². The topological polar surface area (TPSA) is 38.8 Å². The van der Waals surface area contributed by atoms with Crippen LogP contribution in [0.15, 0.2) is 90.0 Å². The zero-order chi connectivity index (χ0) is 36.6. The summed E-state index contributed by atoms with van der Waals surface area (Å²) in [5.74, 6) is -0.709. The molecule has 1 aliphatic rings. The second-order valence-electron chi connectivity index (χ2n) is 11.4. The number of amides is 1. The summed E-state index contributed by atoms with van der Waals surface area (Å²) in [6, 6.07) is 10.9. The first-order valence-corrected chi connectivity index (χ1v) is 14.5. The SMILES string of the molecule is C=C(/C=C(\C=C(/C)C(F)(F)F)C(F)(F)F)[C@H]1OC(=O)N(Cc2cc(C(F)(F)F)ccc2-c2cc(-c3ccccc3C)c(F)cc2OC)[C@H]1C. The highest BCUT2D eigenvalue weighted by Gasteiger charge is 2.42. The number of alkyl halides is 9. The Hall–Kier alpha value is -4.75. The van der Waals surface area contributed by atoms with Crippen LogP contribution in [0.4, 0.5) is 48.7 Å². The van der Waals surface area contributed by atoms with Gasteiger partial charge < -0.3 is 9.47 Å². The van der Waals surface area contributed by atoms with Crippen molar-refractivity contribution in [3.05, 3.63) is 113 Å². The Labute approximate surface area is 274 Å². The predicted molar refractivity (Wildman–Crippen MR) is 162 cm³/mol. The van der Waals surface area contributed by atoms with Crippen molar-refractivity contribution in [2.75, 3.05) is 7.11 Å². The summed E-state index contributed by atoms with van der Waals surface area (Å²) in [6.07, 6.45) is -17.5. The van der Waals surface area contributed by atoms with Gasteiger partial charge in [0.25, 0.3) is 0 Å². The fraction of sp³-hybridized carbons (Fsp3) is 0.286. The Morgan fingerprint density at radius 1 is 0.898 bits per heavy atom. The number of carbonyl (C=O) groups is 1. The maximum Gasteiger partial charge on any atom is 0.416 e. The average Bonchev–Trinajstić information content (AvgIpc) is 3.28. The van der Waals surface area contributed by atoms with E-state index >= 15 is 4.39 Å². The molecule has 0 aromatic heterocycles. The van der Waals surface area contributed by atoms with E-state index < -0.39 is 71.4 Å². The zero-order valence-electron chi connectivity index (χ0n) is 26.4. The number of allylic oxidation sites excluding steroid dienone is 3. The van der Waals surface area contributed by atoms with E-state index in [-0.39, 0.29) is 34.1 Å². The van der Waals surface area contributed by atoms with Gasteiger partial charge in [-0.1, -0.05) is 36.9 Å². The number of cyclic esters (lactones) is 1. The third kappa shape index (κ3) is 8.11. The van der Waals surface area contributed by atoms with Gasteiger partial charge in [-0.15, -0.1) is 0 Å². The summed E-state index contributed by atoms with van der Waals surface area (Å²) in [5, 5.41) is 0. The van der Waals surface area contributed by atoms with E-state index in [2.05, 4.69) is 6.58 Å². The standard InChI is InChI=1S/C35H29F10NO3/c1-18-8-6-7-9-25(18)27-15-28(30(48-5)16-29(27)36)26-11-10-23(34(40,41)42)14-22(26)17-46-21(4)31(49-32(46)47)19(2)12-24(35(43,44)45)13-20(3)33(37,38)39/h6-16,21,31H,2,17H2,1,3-5H3/b20-13+,24-12+/t21-,31+/m0/s1. The van der Waals surface area contributed by atoms with Gasteiger partial charge in [0.05, 0.1) is 30.8 Å². The monoisotopic (exact) mass is 701 g/mol. The van der Waals surface area contributed by atoms with Crippen molar-refractivity contribution in [1.82, 2.24) is 4.90 Å². The minimum Gasteiger partial charge on any atom is -0.496 e. The Balaban J connectivity index is 1.79. The van der Waals surface area contributed by atoms with Crippen LogP contribution in [-0.2, 0) is 17.5 Å². The molecule has 1 fully saturated rings. The normalized spacial score (nSPS) is 17.8. The number of nitrogens with zero attached hydrogens (tertiary/aromatic N) is 1. The molecule has 4 rings (SSSR count). The number of hydrogen-bond acceptors (Lipinski definition) is 3. The van der Waals surface area contributed by atoms with Crippen LogP contribution in [0.3, 0.4) is 0 Å². The van der Waals surface area contributed by atoms with E-state index in [0.29, 0.717) is 24.1 Å². The second kappa shape index (κ2) is 13.6. The molecule has 49 heavy (non-hydrogen) atoms. The molecular weight excluding hydrogens is 672 g/mol. The van der Waals surface area contributed by atoms with Gasteiger partial charge in [0.1, 0.15) is 17.7 Å². The second-order valence-corrected chi connectivity index (χ2v) is 11.4. The van der Waals surface area contributed by atoms with E-state index in [9.17, 15) is 44.3 Å². The van der Waals surface area contributed by atoms with Crippen molar-refractivity contribution in [3.63, 3.8) is 0 Å². The minimum absolute atomic E-state index is 0.0360. The predicted octanol–water partition coefficient (Wildman–Crippen LogP) is 10.8. The summed E-state index contributed by atoms with van der Waals surface area (Å²) in [5.41, 5.74) is -3.31. The van der Waals surface area contributed by atoms with E-state index in [1.165, 1.54) is 20.1 Å². The average molecular weight is 702 g/mol. The first-order valence-electron chi connectivity index (χ1n) is 14.5. The number of aryl methyl sites for hydroxylation is 1. The first-order chi connectivity index (χ1) is 22.6. The first kappa shape index (κ1) is 37.1. The van der Waals surface area contributed by atoms with Crippen molar-refractivity contribution in [1.29, 1.82) is 0 Å². The Bertz CT molecular complexity index is 1820. The molecule has 0 bridgehead atoms. The lowest BCUT2D eigenvalue weighted by Crippen LogP contribution is -2.34. The van der Waals surface area contributed by atoms with Crippen LogP contribution >= 0.6 is 0 Å². The van der Waals surface area contributed by atoms with Crippen LogP contribution in [0.1, 0.15) is 30.5 Å². The molecule has 3 aromatic rings. The molecule has 262 valence electrons. The smallest absolute Gasteiger partial charge is 0.416 e. The van der Waals surface area contributed by atoms with Crippen LogP contribution in [0.25, 0.3) is 22.3 Å². The van der Waals surface area contributed by atoms with Crippen molar-refractivity contribution >= 4 is 6.09 Å². The van der Waals surface area contributed by atoms with Crippen LogP contribution in [0.2, 0.25) is 0 Å². The molecule has 0 spiro atoms. The van der Waals surface area contributed by atoms with Crippen molar-refractivity contribution in [3.8, 4) is 28.0 Å². The number of benzene rings is 3. The Kier molecular flexibility index (Phi) is 10.3. The maximum atomic E-state index is 15.3.